The van der Waals surface area contributed by atoms with Gasteiger partial charge in [-0.05, 0) is 6.42 Å². The molecule has 2 aliphatic heterocycles. The summed E-state index contributed by atoms with van der Waals surface area (Å²) < 4.78 is 22.2. The van der Waals surface area contributed by atoms with Gasteiger partial charge in [0, 0.05) is 25.2 Å². The molecule has 0 amide bonds. The summed E-state index contributed by atoms with van der Waals surface area (Å²) in [5, 5.41) is 71.4. The fraction of sp³-hybridized carbons (Fsp3) is 1.00. The number of hydrogen-bond donors (Lipinski definition) is 11. The van der Waals surface area contributed by atoms with Gasteiger partial charge < -0.3 is 77.6 Å². The van der Waals surface area contributed by atoms with E-state index in [1.54, 1.807) is 0 Å². The molecule has 1 aliphatic carbocycles. The van der Waals surface area contributed by atoms with Gasteiger partial charge in [-0.25, -0.2) is 0 Å². The molecule has 0 bridgehead atoms. The highest BCUT2D eigenvalue weighted by Crippen LogP contribution is 2.31. The van der Waals surface area contributed by atoms with Gasteiger partial charge in [-0.3, -0.25) is 0 Å². The molecule has 15 atom stereocenters. The maximum atomic E-state index is 10.9. The molecular formula is C18H36N4O11. The lowest BCUT2D eigenvalue weighted by Gasteiger charge is -2.48. The molecule has 0 radical (unpaired) electrons. The number of ether oxygens (including phenoxy) is 4. The molecule has 3 aliphatic rings. The van der Waals surface area contributed by atoms with Crippen LogP contribution in [0.4, 0.5) is 0 Å². The van der Waals surface area contributed by atoms with Gasteiger partial charge in [0.2, 0.25) is 0 Å². The first-order valence-corrected chi connectivity index (χ1v) is 10.8. The van der Waals surface area contributed by atoms with Gasteiger partial charge in [-0.1, -0.05) is 0 Å². The normalized spacial score (nSPS) is 53.7. The van der Waals surface area contributed by atoms with Crippen LogP contribution in [-0.2, 0) is 18.9 Å². The van der Waals surface area contributed by atoms with Crippen LogP contribution in [-0.4, -0.2) is 141 Å². The number of rotatable bonds is 6. The minimum absolute atomic E-state index is 0.0784. The molecule has 194 valence electrons. The van der Waals surface area contributed by atoms with Crippen molar-refractivity contribution in [3.05, 3.63) is 0 Å². The van der Waals surface area contributed by atoms with Crippen molar-refractivity contribution < 1.29 is 54.7 Å². The summed E-state index contributed by atoms with van der Waals surface area (Å²) in [5.74, 6) is 0. The van der Waals surface area contributed by atoms with E-state index in [0.29, 0.717) is 0 Å². The molecule has 0 aromatic heterocycles. The van der Waals surface area contributed by atoms with E-state index < -0.39 is 91.8 Å². The van der Waals surface area contributed by atoms with E-state index in [4.69, 9.17) is 41.9 Å². The summed E-state index contributed by atoms with van der Waals surface area (Å²) in [4.78, 5) is 0. The third-order valence-electron chi connectivity index (χ3n) is 6.45. The lowest BCUT2D eigenvalue weighted by Crippen LogP contribution is -2.68. The van der Waals surface area contributed by atoms with Gasteiger partial charge in [0.05, 0.1) is 0 Å². The Kier molecular flexibility index (Phi) is 8.99. The average Bonchev–Trinajstić information content (AvgIpc) is 2.79. The molecule has 15 N–H and O–H groups in total. The summed E-state index contributed by atoms with van der Waals surface area (Å²) in [5.41, 5.74) is 23.2. The van der Waals surface area contributed by atoms with Crippen LogP contribution in [0.1, 0.15) is 6.42 Å². The molecule has 0 aromatic carbocycles. The van der Waals surface area contributed by atoms with Crippen molar-refractivity contribution in [2.24, 2.45) is 22.9 Å². The summed E-state index contributed by atoms with van der Waals surface area (Å²) in [6, 6.07) is -1.68. The fourth-order valence-electron chi connectivity index (χ4n) is 4.40. The van der Waals surface area contributed by atoms with Gasteiger partial charge in [0.15, 0.2) is 12.6 Å². The lowest BCUT2D eigenvalue weighted by atomic mass is 9.84. The minimum atomic E-state index is -1.66. The lowest BCUT2D eigenvalue weighted by molar-refractivity contribution is -0.336. The maximum Gasteiger partial charge on any atom is 0.187 e. The Balaban J connectivity index is 1.72. The Morgan fingerprint density at radius 1 is 0.576 bits per heavy atom. The van der Waals surface area contributed by atoms with Crippen molar-refractivity contribution in [1.82, 2.24) is 0 Å². The molecule has 0 spiro atoms. The van der Waals surface area contributed by atoms with Crippen molar-refractivity contribution in [3.63, 3.8) is 0 Å². The van der Waals surface area contributed by atoms with Crippen LogP contribution in [0.5, 0.6) is 0 Å². The Morgan fingerprint density at radius 3 is 1.27 bits per heavy atom. The standard InChI is InChI=1S/C18H36N4O11/c19-2-6-8(23)10(25)12(27)17(30-6)32-15-4(21)1-5(22)16(14(15)29)33-18-13(28)11(26)9(24)7(3-20)31-18/h4-18,23-29H,1-3,19-22H2/t4-,5+,6+,7-,8+,9-,10-,11+,12+,13-,14?,15+,16-,17+,18-. The summed E-state index contributed by atoms with van der Waals surface area (Å²) >= 11 is 0. The number of aliphatic hydroxyl groups excluding tert-OH is 7. The van der Waals surface area contributed by atoms with Gasteiger partial charge >= 0.3 is 0 Å². The highest BCUT2D eigenvalue weighted by molar-refractivity contribution is 5.01. The van der Waals surface area contributed by atoms with Gasteiger partial charge in [-0.15, -0.1) is 0 Å². The van der Waals surface area contributed by atoms with E-state index in [2.05, 4.69) is 0 Å². The zero-order valence-corrected chi connectivity index (χ0v) is 17.9. The zero-order valence-electron chi connectivity index (χ0n) is 17.9. The van der Waals surface area contributed by atoms with Crippen LogP contribution < -0.4 is 22.9 Å². The predicted molar refractivity (Wildman–Crippen MR) is 108 cm³/mol. The van der Waals surface area contributed by atoms with E-state index in [1.165, 1.54) is 0 Å². The Morgan fingerprint density at radius 2 is 0.939 bits per heavy atom. The molecule has 0 aromatic rings. The molecule has 3 fully saturated rings. The second kappa shape index (κ2) is 11.0. The van der Waals surface area contributed by atoms with Crippen LogP contribution in [0, 0.1) is 0 Å². The molecule has 15 nitrogen and oxygen atoms in total. The zero-order chi connectivity index (χ0) is 24.6. The van der Waals surface area contributed by atoms with Crippen molar-refractivity contribution in [2.75, 3.05) is 13.1 Å². The first-order chi connectivity index (χ1) is 15.5. The van der Waals surface area contributed by atoms with Crippen molar-refractivity contribution in [3.8, 4) is 0 Å². The summed E-state index contributed by atoms with van der Waals surface area (Å²) in [6.07, 6.45) is -18.3. The van der Waals surface area contributed by atoms with E-state index >= 15 is 0 Å². The highest BCUT2D eigenvalue weighted by atomic mass is 16.7. The van der Waals surface area contributed by atoms with Crippen molar-refractivity contribution in [2.45, 2.75) is 98.2 Å². The first-order valence-electron chi connectivity index (χ1n) is 10.8. The Bertz CT molecular complexity index is 584. The molecular weight excluding hydrogens is 448 g/mol. The SMILES string of the molecule is NC[C@@H]1O[C@@H](O[C@@H]2C(O)[C@H](O[C@H]3O[C@H](CN)[C@@H](O)[C@H](O)[C@H]3O)[C@@H](N)C[C@H]2N)[C@@H](O)[C@H](O)[C@H]1O. The van der Waals surface area contributed by atoms with Crippen LogP contribution >= 0.6 is 0 Å². The Hall–Kier alpha value is -0.600. The maximum absolute atomic E-state index is 10.9. The van der Waals surface area contributed by atoms with Crippen molar-refractivity contribution >= 4 is 0 Å². The second-order valence-corrected chi connectivity index (χ2v) is 8.76. The summed E-state index contributed by atoms with van der Waals surface area (Å²) in [6.45, 7) is -0.345. The number of nitrogens with two attached hydrogens (primary N) is 4. The van der Waals surface area contributed by atoms with E-state index in [1.807, 2.05) is 0 Å². The molecule has 2 heterocycles. The monoisotopic (exact) mass is 484 g/mol. The quantitative estimate of drug-likeness (QED) is 0.167. The van der Waals surface area contributed by atoms with Crippen LogP contribution in [0.3, 0.4) is 0 Å². The molecule has 3 rings (SSSR count). The molecule has 2 saturated heterocycles. The smallest absolute Gasteiger partial charge is 0.187 e. The minimum Gasteiger partial charge on any atom is -0.388 e. The average molecular weight is 485 g/mol. The second-order valence-electron chi connectivity index (χ2n) is 8.76. The third-order valence-corrected chi connectivity index (χ3v) is 6.45. The van der Waals surface area contributed by atoms with Gasteiger partial charge in [0.25, 0.3) is 0 Å². The largest absolute Gasteiger partial charge is 0.388 e. The molecule has 15 heteroatoms. The fourth-order valence-corrected chi connectivity index (χ4v) is 4.40. The van der Waals surface area contributed by atoms with E-state index in [9.17, 15) is 35.7 Å². The number of hydrogen-bond acceptors (Lipinski definition) is 15. The van der Waals surface area contributed by atoms with Crippen LogP contribution in [0.25, 0.3) is 0 Å². The van der Waals surface area contributed by atoms with E-state index in [0.717, 1.165) is 0 Å². The predicted octanol–water partition coefficient (Wildman–Crippen LogP) is -7.29. The molecule has 1 unspecified atom stereocenters. The first kappa shape index (κ1) is 27.0. The molecule has 1 saturated carbocycles. The third kappa shape index (κ3) is 5.32. The Labute approximate surface area is 189 Å². The highest BCUT2D eigenvalue weighted by Gasteiger charge is 2.51. The van der Waals surface area contributed by atoms with Crippen LogP contribution in [0.15, 0.2) is 0 Å². The van der Waals surface area contributed by atoms with Crippen molar-refractivity contribution in [1.29, 1.82) is 0 Å². The topological polar surface area (TPSA) is 283 Å². The molecule has 33 heavy (non-hydrogen) atoms. The van der Waals surface area contributed by atoms with E-state index in [-0.39, 0.29) is 19.5 Å². The van der Waals surface area contributed by atoms with Crippen LogP contribution in [0.2, 0.25) is 0 Å². The van der Waals surface area contributed by atoms with Gasteiger partial charge in [-0.2, -0.15) is 0 Å². The number of aliphatic hydroxyl groups is 7. The van der Waals surface area contributed by atoms with Gasteiger partial charge in [0.1, 0.15) is 67.1 Å². The summed E-state index contributed by atoms with van der Waals surface area (Å²) in [7, 11) is 0.